The normalized spacial score (nSPS) is 15.7. The summed E-state index contributed by atoms with van der Waals surface area (Å²) >= 11 is 0. The number of para-hydroxylation sites is 1. The van der Waals surface area contributed by atoms with Gasteiger partial charge in [-0.15, -0.1) is 0 Å². The van der Waals surface area contributed by atoms with Gasteiger partial charge in [-0.25, -0.2) is 0 Å². The van der Waals surface area contributed by atoms with Crippen LogP contribution in [0.1, 0.15) is 31.0 Å². The molecule has 1 N–H and O–H groups in total. The average Bonchev–Trinajstić information content (AvgIpc) is 3.01. The van der Waals surface area contributed by atoms with E-state index in [1.165, 1.54) is 19.3 Å². The van der Waals surface area contributed by atoms with Gasteiger partial charge in [-0.05, 0) is 38.3 Å². The Morgan fingerprint density at radius 1 is 1.22 bits per heavy atom. The van der Waals surface area contributed by atoms with E-state index in [1.807, 2.05) is 25.1 Å². The quantitative estimate of drug-likeness (QED) is 0.694. The third-order valence-corrected chi connectivity index (χ3v) is 3.84. The van der Waals surface area contributed by atoms with Crippen LogP contribution in [0, 0.1) is 6.92 Å². The fraction of sp³-hybridized carbons (Fsp3) is 0.471. The molecular weight excluding hydrogens is 290 g/mol. The summed E-state index contributed by atoms with van der Waals surface area (Å²) < 4.78 is 5.15. The van der Waals surface area contributed by atoms with E-state index in [2.05, 4.69) is 32.5 Å². The molecule has 0 saturated carbocycles. The number of nitrogens with one attached hydrogen (secondary N) is 1. The van der Waals surface area contributed by atoms with E-state index in [4.69, 9.17) is 9.52 Å². The van der Waals surface area contributed by atoms with E-state index >= 15 is 0 Å². The number of anilines is 1. The molecule has 3 rings (SSSR count). The smallest absolute Gasteiger partial charge is 0.228 e. The van der Waals surface area contributed by atoms with Gasteiger partial charge in [-0.2, -0.15) is 4.98 Å². The van der Waals surface area contributed by atoms with E-state index in [-0.39, 0.29) is 0 Å². The molecule has 6 heteroatoms. The summed E-state index contributed by atoms with van der Waals surface area (Å²) in [7, 11) is 0. The molecule has 23 heavy (non-hydrogen) atoms. The first-order chi connectivity index (χ1) is 11.3. The number of hydrogen-bond donors (Lipinski definition) is 1. The lowest BCUT2D eigenvalue weighted by atomic mass is 10.1. The molecule has 1 saturated heterocycles. The summed E-state index contributed by atoms with van der Waals surface area (Å²) in [5.41, 5.74) is 1.06. The summed E-state index contributed by atoms with van der Waals surface area (Å²) in [5.74, 6) is 2.25. The van der Waals surface area contributed by atoms with E-state index in [9.17, 15) is 0 Å². The van der Waals surface area contributed by atoms with Gasteiger partial charge in [0, 0.05) is 25.2 Å². The fourth-order valence-corrected chi connectivity index (χ4v) is 2.67. The van der Waals surface area contributed by atoms with Crippen molar-refractivity contribution >= 4 is 11.6 Å². The zero-order valence-corrected chi connectivity index (χ0v) is 13.5. The van der Waals surface area contributed by atoms with Gasteiger partial charge in [0.15, 0.2) is 11.8 Å². The molecule has 0 unspecified atom stereocenters. The largest absolute Gasteiger partial charge is 0.343 e. The van der Waals surface area contributed by atoms with Crippen molar-refractivity contribution in [1.82, 2.24) is 15.0 Å². The molecule has 2 heterocycles. The molecule has 1 aliphatic rings. The Bertz CT molecular complexity index is 631. The number of hydrogen-bond acceptors (Lipinski definition) is 4. The van der Waals surface area contributed by atoms with Crippen LogP contribution >= 0.6 is 0 Å². The summed E-state index contributed by atoms with van der Waals surface area (Å²) in [4.78, 5) is 11.3. The van der Waals surface area contributed by atoms with Crippen LogP contribution in [0.25, 0.3) is 0 Å². The molecule has 1 aliphatic heterocycles. The number of rotatable bonds is 4. The maximum atomic E-state index is 5.15. The van der Waals surface area contributed by atoms with E-state index < -0.39 is 0 Å². The molecule has 0 atom stereocenters. The lowest BCUT2D eigenvalue weighted by Gasteiger charge is -2.30. The zero-order valence-electron chi connectivity index (χ0n) is 13.5. The van der Waals surface area contributed by atoms with E-state index in [0.717, 1.165) is 24.7 Å². The predicted octanol–water partition coefficient (Wildman–Crippen LogP) is 2.87. The highest BCUT2D eigenvalue weighted by atomic mass is 16.5. The Hall–Kier alpha value is -2.37. The molecule has 6 nitrogen and oxygen atoms in total. The highest BCUT2D eigenvalue weighted by Gasteiger charge is 2.15. The van der Waals surface area contributed by atoms with Gasteiger partial charge in [-0.3, -0.25) is 4.99 Å². The molecular formula is C17H23N5O. The van der Waals surface area contributed by atoms with Crippen LogP contribution in [0.3, 0.4) is 0 Å². The standard InChI is InChI=1S/C17H23N5O/c1-14-19-16(23-21-14)10-11-18-17(22-12-6-3-7-13-22)20-15-8-4-2-5-9-15/h2,4-5,8-9H,3,6-7,10-13H2,1H3,(H,18,20). The summed E-state index contributed by atoms with van der Waals surface area (Å²) in [6.07, 6.45) is 4.40. The summed E-state index contributed by atoms with van der Waals surface area (Å²) in [6.45, 7) is 4.57. The third-order valence-electron chi connectivity index (χ3n) is 3.84. The van der Waals surface area contributed by atoms with Crippen molar-refractivity contribution in [3.05, 3.63) is 42.0 Å². The van der Waals surface area contributed by atoms with E-state index in [1.54, 1.807) is 0 Å². The van der Waals surface area contributed by atoms with E-state index in [0.29, 0.717) is 24.7 Å². The van der Waals surface area contributed by atoms with Crippen molar-refractivity contribution in [2.24, 2.45) is 4.99 Å². The van der Waals surface area contributed by atoms with Gasteiger partial charge < -0.3 is 14.7 Å². The molecule has 0 amide bonds. The fourth-order valence-electron chi connectivity index (χ4n) is 2.67. The van der Waals surface area contributed by atoms with Crippen molar-refractivity contribution < 1.29 is 4.52 Å². The van der Waals surface area contributed by atoms with Crippen LogP contribution < -0.4 is 5.32 Å². The van der Waals surface area contributed by atoms with Crippen LogP contribution in [0.4, 0.5) is 5.69 Å². The van der Waals surface area contributed by atoms with Gasteiger partial charge in [-0.1, -0.05) is 23.4 Å². The maximum absolute atomic E-state index is 5.15. The minimum Gasteiger partial charge on any atom is -0.343 e. The number of guanidine groups is 1. The zero-order chi connectivity index (χ0) is 15.9. The molecule has 0 bridgehead atoms. The van der Waals surface area contributed by atoms with Crippen molar-refractivity contribution in [2.45, 2.75) is 32.6 Å². The molecule has 1 fully saturated rings. The first-order valence-corrected chi connectivity index (χ1v) is 8.22. The Kier molecular flexibility index (Phi) is 5.24. The number of aromatic nitrogens is 2. The second-order valence-electron chi connectivity index (χ2n) is 5.73. The van der Waals surface area contributed by atoms with Gasteiger partial charge in [0.2, 0.25) is 5.89 Å². The lowest BCUT2D eigenvalue weighted by Crippen LogP contribution is -2.40. The Morgan fingerprint density at radius 2 is 2.00 bits per heavy atom. The molecule has 1 aromatic heterocycles. The van der Waals surface area contributed by atoms with Crippen molar-refractivity contribution in [3.63, 3.8) is 0 Å². The van der Waals surface area contributed by atoms with Crippen LogP contribution in [-0.4, -0.2) is 40.6 Å². The molecule has 122 valence electrons. The highest BCUT2D eigenvalue weighted by molar-refractivity contribution is 5.93. The van der Waals surface area contributed by atoms with Gasteiger partial charge >= 0.3 is 0 Å². The van der Waals surface area contributed by atoms with Crippen molar-refractivity contribution in [3.8, 4) is 0 Å². The Labute approximate surface area is 136 Å². The second kappa shape index (κ2) is 7.76. The van der Waals surface area contributed by atoms with Crippen molar-refractivity contribution in [2.75, 3.05) is 25.0 Å². The lowest BCUT2D eigenvalue weighted by molar-refractivity contribution is 0.340. The number of aliphatic imine (C=N–C) groups is 1. The van der Waals surface area contributed by atoms with Crippen molar-refractivity contribution in [1.29, 1.82) is 0 Å². The highest BCUT2D eigenvalue weighted by Crippen LogP contribution is 2.12. The Morgan fingerprint density at radius 3 is 2.70 bits per heavy atom. The minimum absolute atomic E-state index is 0.632. The number of likely N-dealkylation sites (tertiary alicyclic amines) is 1. The third kappa shape index (κ3) is 4.55. The summed E-state index contributed by atoms with van der Waals surface area (Å²) in [6, 6.07) is 10.2. The molecule has 1 aromatic carbocycles. The first-order valence-electron chi connectivity index (χ1n) is 8.22. The predicted molar refractivity (Wildman–Crippen MR) is 90.5 cm³/mol. The average molecular weight is 313 g/mol. The molecule has 0 radical (unpaired) electrons. The van der Waals surface area contributed by atoms with Gasteiger partial charge in [0.1, 0.15) is 0 Å². The maximum Gasteiger partial charge on any atom is 0.228 e. The monoisotopic (exact) mass is 313 g/mol. The molecule has 0 aliphatic carbocycles. The molecule has 0 spiro atoms. The van der Waals surface area contributed by atoms with Gasteiger partial charge in [0.25, 0.3) is 0 Å². The van der Waals surface area contributed by atoms with Gasteiger partial charge in [0.05, 0.1) is 6.54 Å². The Balaban J connectivity index is 1.67. The second-order valence-corrected chi connectivity index (χ2v) is 5.73. The van der Waals surface area contributed by atoms with Crippen LogP contribution in [0.2, 0.25) is 0 Å². The number of nitrogens with zero attached hydrogens (tertiary/aromatic N) is 4. The van der Waals surface area contributed by atoms with Crippen LogP contribution in [0.15, 0.2) is 39.8 Å². The first kappa shape index (κ1) is 15.5. The molecule has 2 aromatic rings. The topological polar surface area (TPSA) is 66.6 Å². The number of aryl methyl sites for hydroxylation is 1. The SMILES string of the molecule is Cc1noc(CCN=C(Nc2ccccc2)N2CCCCC2)n1. The summed E-state index contributed by atoms with van der Waals surface area (Å²) in [5, 5.41) is 7.26. The minimum atomic E-state index is 0.632. The number of piperidine rings is 1. The van der Waals surface area contributed by atoms with Crippen LogP contribution in [-0.2, 0) is 6.42 Å². The van der Waals surface area contributed by atoms with Crippen LogP contribution in [0.5, 0.6) is 0 Å². The number of benzene rings is 1.